The van der Waals surface area contributed by atoms with Gasteiger partial charge in [0.2, 0.25) is 5.91 Å². The Balaban J connectivity index is 1.67. The maximum Gasteiger partial charge on any atom is 0.229 e. The number of rotatable bonds is 3. The fourth-order valence-corrected chi connectivity index (χ4v) is 3.79. The first kappa shape index (κ1) is 13.7. The van der Waals surface area contributed by atoms with Crippen molar-refractivity contribution in [1.29, 1.82) is 0 Å². The van der Waals surface area contributed by atoms with E-state index in [1.54, 1.807) is 22.7 Å². The molecule has 0 spiro atoms. The van der Waals surface area contributed by atoms with Gasteiger partial charge in [-0.3, -0.25) is 4.79 Å². The summed E-state index contributed by atoms with van der Waals surface area (Å²) < 4.78 is 5.36. The van der Waals surface area contributed by atoms with Crippen LogP contribution in [-0.4, -0.2) is 41.6 Å². The summed E-state index contributed by atoms with van der Waals surface area (Å²) >= 11 is 3.26. The number of thiophene rings is 1. The third kappa shape index (κ3) is 2.92. The van der Waals surface area contributed by atoms with Crippen LogP contribution in [0.5, 0.6) is 0 Å². The van der Waals surface area contributed by atoms with Gasteiger partial charge in [-0.15, -0.1) is 11.3 Å². The number of morpholine rings is 1. The highest BCUT2D eigenvalue weighted by molar-refractivity contribution is 7.14. The number of ether oxygens (including phenoxy) is 1. The van der Waals surface area contributed by atoms with Gasteiger partial charge in [0, 0.05) is 22.9 Å². The molecular weight excluding hydrogens is 292 g/mol. The van der Waals surface area contributed by atoms with Crippen LogP contribution in [0, 0.1) is 0 Å². The first-order chi connectivity index (χ1) is 9.74. The van der Waals surface area contributed by atoms with Crippen LogP contribution < -0.4 is 0 Å². The summed E-state index contributed by atoms with van der Waals surface area (Å²) in [6, 6.07) is 2.21. The Morgan fingerprint density at radius 1 is 1.55 bits per heavy atom. The Bertz CT molecular complexity index is 580. The summed E-state index contributed by atoms with van der Waals surface area (Å²) in [5.74, 6) is 0.142. The number of carbonyl (C=O) groups is 1. The van der Waals surface area contributed by atoms with Crippen molar-refractivity contribution in [3.8, 4) is 10.6 Å². The summed E-state index contributed by atoms with van der Waals surface area (Å²) in [5, 5.41) is 7.09. The molecule has 0 aliphatic carbocycles. The molecular formula is C14H16N2O2S2. The largest absolute Gasteiger partial charge is 0.377 e. The van der Waals surface area contributed by atoms with E-state index in [1.165, 1.54) is 0 Å². The lowest BCUT2D eigenvalue weighted by molar-refractivity contribution is -0.138. The first-order valence-electron chi connectivity index (χ1n) is 6.58. The van der Waals surface area contributed by atoms with Gasteiger partial charge in [-0.2, -0.15) is 11.3 Å². The molecule has 1 aliphatic rings. The van der Waals surface area contributed by atoms with Gasteiger partial charge < -0.3 is 9.64 Å². The smallest absolute Gasteiger partial charge is 0.229 e. The lowest BCUT2D eigenvalue weighted by atomic mass is 10.2. The number of nitrogens with zero attached hydrogens (tertiary/aromatic N) is 2. The second-order valence-electron chi connectivity index (χ2n) is 4.84. The van der Waals surface area contributed by atoms with Crippen LogP contribution in [0.4, 0.5) is 0 Å². The number of hydrogen-bond donors (Lipinski definition) is 0. The van der Waals surface area contributed by atoms with Gasteiger partial charge in [0.25, 0.3) is 0 Å². The van der Waals surface area contributed by atoms with Gasteiger partial charge in [0.1, 0.15) is 5.01 Å². The summed E-state index contributed by atoms with van der Waals surface area (Å²) in [4.78, 5) is 18.8. The normalized spacial score (nSPS) is 19.2. The Hall–Kier alpha value is -1.24. The predicted octanol–water partition coefficient (Wildman–Crippen LogP) is 2.66. The highest BCUT2D eigenvalue weighted by Crippen LogP contribution is 2.26. The number of aromatic nitrogens is 1. The minimum absolute atomic E-state index is 0.142. The standard InChI is InChI=1S/C14H16N2O2S2/c1-10-7-18-4-3-16(10)13(17)6-12-9-20-14(15-12)11-2-5-19-8-11/h2,5,8-10H,3-4,6-7H2,1H3. The molecule has 0 saturated carbocycles. The van der Waals surface area contributed by atoms with Crippen LogP contribution >= 0.6 is 22.7 Å². The van der Waals surface area contributed by atoms with E-state index < -0.39 is 0 Å². The molecule has 3 heterocycles. The summed E-state index contributed by atoms with van der Waals surface area (Å²) in [7, 11) is 0. The number of amides is 1. The van der Waals surface area contributed by atoms with Crippen LogP contribution in [-0.2, 0) is 16.0 Å². The second-order valence-corrected chi connectivity index (χ2v) is 6.48. The molecule has 1 atom stereocenters. The topological polar surface area (TPSA) is 42.4 Å². The van der Waals surface area contributed by atoms with E-state index >= 15 is 0 Å². The molecule has 6 heteroatoms. The van der Waals surface area contributed by atoms with Crippen molar-refractivity contribution in [3.63, 3.8) is 0 Å². The van der Waals surface area contributed by atoms with E-state index in [2.05, 4.69) is 16.4 Å². The van der Waals surface area contributed by atoms with Crippen molar-refractivity contribution in [1.82, 2.24) is 9.88 Å². The van der Waals surface area contributed by atoms with Gasteiger partial charge in [-0.25, -0.2) is 4.98 Å². The van der Waals surface area contributed by atoms with Crippen molar-refractivity contribution in [2.45, 2.75) is 19.4 Å². The molecule has 0 aromatic carbocycles. The van der Waals surface area contributed by atoms with Crippen molar-refractivity contribution >= 4 is 28.6 Å². The summed E-state index contributed by atoms with van der Waals surface area (Å²) in [5.41, 5.74) is 2.00. The average Bonchev–Trinajstić information content (AvgIpc) is 3.09. The molecule has 2 aromatic heterocycles. The SMILES string of the molecule is CC1COCCN1C(=O)Cc1csc(-c2ccsc2)n1. The lowest BCUT2D eigenvalue weighted by Gasteiger charge is -2.33. The van der Waals surface area contributed by atoms with Crippen LogP contribution in [0.25, 0.3) is 10.6 Å². The molecule has 3 rings (SSSR count). The zero-order chi connectivity index (χ0) is 13.9. The van der Waals surface area contributed by atoms with E-state index in [0.717, 1.165) is 16.3 Å². The Kier molecular flexibility index (Phi) is 4.14. The minimum atomic E-state index is 0.142. The van der Waals surface area contributed by atoms with E-state index in [1.807, 2.05) is 22.6 Å². The molecule has 4 nitrogen and oxygen atoms in total. The molecule has 1 saturated heterocycles. The molecule has 0 N–H and O–H groups in total. The quantitative estimate of drug-likeness (QED) is 0.875. The molecule has 1 fully saturated rings. The Morgan fingerprint density at radius 2 is 2.45 bits per heavy atom. The van der Waals surface area contributed by atoms with Crippen LogP contribution in [0.2, 0.25) is 0 Å². The number of thiazole rings is 1. The molecule has 1 amide bonds. The van der Waals surface area contributed by atoms with Crippen LogP contribution in [0.3, 0.4) is 0 Å². The predicted molar refractivity (Wildman–Crippen MR) is 81.1 cm³/mol. The summed E-state index contributed by atoms with van der Waals surface area (Å²) in [6.07, 6.45) is 0.380. The molecule has 0 radical (unpaired) electrons. The van der Waals surface area contributed by atoms with Crippen LogP contribution in [0.15, 0.2) is 22.2 Å². The van der Waals surface area contributed by atoms with Crippen molar-refractivity contribution in [2.75, 3.05) is 19.8 Å². The van der Waals surface area contributed by atoms with Crippen LogP contribution in [0.1, 0.15) is 12.6 Å². The highest BCUT2D eigenvalue weighted by atomic mass is 32.1. The zero-order valence-electron chi connectivity index (χ0n) is 11.2. The van der Waals surface area contributed by atoms with Gasteiger partial charge in [0.15, 0.2) is 0 Å². The highest BCUT2D eigenvalue weighted by Gasteiger charge is 2.24. The maximum atomic E-state index is 12.3. The Morgan fingerprint density at radius 3 is 3.20 bits per heavy atom. The molecule has 106 valence electrons. The fraction of sp³-hybridized carbons (Fsp3) is 0.429. The van der Waals surface area contributed by atoms with E-state index in [0.29, 0.717) is 26.2 Å². The maximum absolute atomic E-state index is 12.3. The van der Waals surface area contributed by atoms with E-state index in [4.69, 9.17) is 4.74 Å². The monoisotopic (exact) mass is 308 g/mol. The van der Waals surface area contributed by atoms with E-state index in [-0.39, 0.29) is 11.9 Å². The molecule has 1 unspecified atom stereocenters. The second kappa shape index (κ2) is 6.03. The van der Waals surface area contributed by atoms with Crippen molar-refractivity contribution in [2.24, 2.45) is 0 Å². The summed E-state index contributed by atoms with van der Waals surface area (Å²) in [6.45, 7) is 3.96. The van der Waals surface area contributed by atoms with Crippen molar-refractivity contribution in [3.05, 3.63) is 27.9 Å². The van der Waals surface area contributed by atoms with Gasteiger partial charge in [0.05, 0.1) is 31.4 Å². The zero-order valence-corrected chi connectivity index (χ0v) is 12.9. The third-order valence-corrected chi connectivity index (χ3v) is 4.96. The van der Waals surface area contributed by atoms with Gasteiger partial charge >= 0.3 is 0 Å². The van der Waals surface area contributed by atoms with Gasteiger partial charge in [-0.05, 0) is 18.4 Å². The fourth-order valence-electron chi connectivity index (χ4n) is 2.26. The first-order valence-corrected chi connectivity index (χ1v) is 8.40. The minimum Gasteiger partial charge on any atom is -0.377 e. The third-order valence-electron chi connectivity index (χ3n) is 3.34. The van der Waals surface area contributed by atoms with E-state index in [9.17, 15) is 4.79 Å². The Labute approximate surface area is 126 Å². The van der Waals surface area contributed by atoms with Crippen molar-refractivity contribution < 1.29 is 9.53 Å². The molecule has 0 bridgehead atoms. The number of carbonyl (C=O) groups excluding carboxylic acids is 1. The lowest BCUT2D eigenvalue weighted by Crippen LogP contribution is -2.47. The van der Waals surface area contributed by atoms with Gasteiger partial charge in [-0.1, -0.05) is 0 Å². The molecule has 2 aromatic rings. The molecule has 20 heavy (non-hydrogen) atoms. The number of hydrogen-bond acceptors (Lipinski definition) is 5. The average molecular weight is 308 g/mol. The molecule has 1 aliphatic heterocycles.